The molecular weight excluding hydrogens is 399 g/mol. The van der Waals surface area contributed by atoms with Crippen LogP contribution in [-0.2, 0) is 0 Å². The van der Waals surface area contributed by atoms with Crippen molar-refractivity contribution in [3.05, 3.63) is 83.9 Å². The molecular formula is C23H17FN4O3. The largest absolute Gasteiger partial charge is 0.489 e. The van der Waals surface area contributed by atoms with Gasteiger partial charge in [-0.1, -0.05) is 12.1 Å². The lowest BCUT2D eigenvalue weighted by Crippen LogP contribution is -2.38. The van der Waals surface area contributed by atoms with Gasteiger partial charge in [0.1, 0.15) is 18.2 Å². The number of carbonyl (C=O) groups is 2. The molecule has 0 atom stereocenters. The van der Waals surface area contributed by atoms with Crippen LogP contribution in [0.4, 0.5) is 10.1 Å². The van der Waals surface area contributed by atoms with Gasteiger partial charge in [-0.05, 0) is 42.0 Å². The van der Waals surface area contributed by atoms with Crippen molar-refractivity contribution < 1.29 is 18.7 Å². The number of primary amides is 1. The van der Waals surface area contributed by atoms with E-state index in [1.807, 2.05) is 0 Å². The third-order valence-electron chi connectivity index (χ3n) is 5.28. The number of pyridine rings is 1. The van der Waals surface area contributed by atoms with Gasteiger partial charge in [0.05, 0.1) is 23.9 Å². The number of hydrogen-bond acceptors (Lipinski definition) is 4. The number of halogens is 1. The molecule has 1 aliphatic heterocycles. The van der Waals surface area contributed by atoms with Crippen LogP contribution in [0.5, 0.6) is 5.75 Å². The average molecular weight is 416 g/mol. The van der Waals surface area contributed by atoms with Gasteiger partial charge in [-0.15, -0.1) is 0 Å². The lowest BCUT2D eigenvalue weighted by atomic mass is 10.0. The SMILES string of the molecule is NC(=O)c1ccc(-c2cnn3ccc(C(=O)N4CCOc5cc(F)ccc54)cc23)cc1. The molecule has 0 unspecified atom stereocenters. The highest BCUT2D eigenvalue weighted by Gasteiger charge is 2.25. The van der Waals surface area contributed by atoms with Gasteiger partial charge in [0.2, 0.25) is 5.91 Å². The van der Waals surface area contributed by atoms with E-state index >= 15 is 0 Å². The Morgan fingerprint density at radius 3 is 2.61 bits per heavy atom. The Kier molecular flexibility index (Phi) is 4.39. The van der Waals surface area contributed by atoms with E-state index in [9.17, 15) is 14.0 Å². The van der Waals surface area contributed by atoms with E-state index in [0.717, 1.165) is 16.6 Å². The van der Waals surface area contributed by atoms with E-state index in [-0.39, 0.29) is 12.5 Å². The first-order chi connectivity index (χ1) is 15.0. The quantitative estimate of drug-likeness (QED) is 0.555. The summed E-state index contributed by atoms with van der Waals surface area (Å²) in [7, 11) is 0. The van der Waals surface area contributed by atoms with Gasteiger partial charge in [0.25, 0.3) is 5.91 Å². The van der Waals surface area contributed by atoms with Crippen LogP contribution in [-0.4, -0.2) is 34.6 Å². The summed E-state index contributed by atoms with van der Waals surface area (Å²) in [5.74, 6) is -0.777. The molecule has 0 spiro atoms. The molecule has 0 aliphatic carbocycles. The topological polar surface area (TPSA) is 89.9 Å². The molecule has 0 radical (unpaired) electrons. The lowest BCUT2D eigenvalue weighted by molar-refractivity contribution is 0.0974. The Hall–Kier alpha value is -4.20. The predicted molar refractivity (Wildman–Crippen MR) is 113 cm³/mol. The van der Waals surface area contributed by atoms with Crippen molar-refractivity contribution in [2.24, 2.45) is 5.73 Å². The minimum absolute atomic E-state index is 0.213. The van der Waals surface area contributed by atoms with Crippen LogP contribution in [0, 0.1) is 5.82 Å². The average Bonchev–Trinajstić information content (AvgIpc) is 3.21. The number of fused-ring (bicyclic) bond motifs is 2. The molecule has 154 valence electrons. The Morgan fingerprint density at radius 2 is 1.84 bits per heavy atom. The first-order valence-electron chi connectivity index (χ1n) is 9.63. The van der Waals surface area contributed by atoms with Crippen LogP contribution in [0.2, 0.25) is 0 Å². The summed E-state index contributed by atoms with van der Waals surface area (Å²) < 4.78 is 20.7. The molecule has 2 aromatic carbocycles. The molecule has 1 aliphatic rings. The molecule has 0 fully saturated rings. The van der Waals surface area contributed by atoms with Crippen molar-refractivity contribution in [1.29, 1.82) is 0 Å². The molecule has 31 heavy (non-hydrogen) atoms. The van der Waals surface area contributed by atoms with Gasteiger partial charge in [0, 0.05) is 29.0 Å². The highest BCUT2D eigenvalue weighted by Crippen LogP contribution is 2.33. The number of rotatable bonds is 3. The third-order valence-corrected chi connectivity index (χ3v) is 5.28. The molecule has 2 amide bonds. The summed E-state index contributed by atoms with van der Waals surface area (Å²) >= 11 is 0. The summed E-state index contributed by atoms with van der Waals surface area (Å²) in [6.45, 7) is 0.651. The molecule has 4 aromatic rings. The highest BCUT2D eigenvalue weighted by atomic mass is 19.1. The van der Waals surface area contributed by atoms with E-state index in [2.05, 4.69) is 5.10 Å². The van der Waals surface area contributed by atoms with Gasteiger partial charge >= 0.3 is 0 Å². The van der Waals surface area contributed by atoms with Crippen LogP contribution in [0.15, 0.2) is 67.0 Å². The fourth-order valence-electron chi connectivity index (χ4n) is 3.71. The summed E-state index contributed by atoms with van der Waals surface area (Å²) in [5.41, 5.74) is 9.14. The fourth-order valence-corrected chi connectivity index (χ4v) is 3.71. The second-order valence-corrected chi connectivity index (χ2v) is 7.16. The Bertz CT molecular complexity index is 1330. The summed E-state index contributed by atoms with van der Waals surface area (Å²) in [4.78, 5) is 26.2. The second-order valence-electron chi connectivity index (χ2n) is 7.16. The predicted octanol–water partition coefficient (Wildman–Crippen LogP) is 3.28. The van der Waals surface area contributed by atoms with Crippen LogP contribution in [0.3, 0.4) is 0 Å². The number of aromatic nitrogens is 2. The number of nitrogens with zero attached hydrogens (tertiary/aromatic N) is 3. The molecule has 0 saturated heterocycles. The van der Waals surface area contributed by atoms with Crippen molar-refractivity contribution >= 4 is 23.0 Å². The maximum atomic E-state index is 13.5. The van der Waals surface area contributed by atoms with Crippen molar-refractivity contribution in [1.82, 2.24) is 9.61 Å². The van der Waals surface area contributed by atoms with Crippen molar-refractivity contribution in [3.63, 3.8) is 0 Å². The number of anilines is 1. The van der Waals surface area contributed by atoms with E-state index in [0.29, 0.717) is 29.1 Å². The van der Waals surface area contributed by atoms with Crippen molar-refractivity contribution in [2.75, 3.05) is 18.1 Å². The molecule has 2 aromatic heterocycles. The summed E-state index contributed by atoms with van der Waals surface area (Å²) in [6.07, 6.45) is 3.42. The van der Waals surface area contributed by atoms with Crippen molar-refractivity contribution in [3.8, 4) is 16.9 Å². The number of ether oxygens (including phenoxy) is 1. The first-order valence-corrected chi connectivity index (χ1v) is 9.63. The molecule has 8 heteroatoms. The van der Waals surface area contributed by atoms with E-state index in [1.165, 1.54) is 12.1 Å². The zero-order valence-electron chi connectivity index (χ0n) is 16.3. The maximum absolute atomic E-state index is 13.5. The van der Waals surface area contributed by atoms with Gasteiger partial charge in [-0.2, -0.15) is 5.10 Å². The van der Waals surface area contributed by atoms with E-state index < -0.39 is 11.7 Å². The van der Waals surface area contributed by atoms with Gasteiger partial charge in [0.15, 0.2) is 0 Å². The molecule has 7 nitrogen and oxygen atoms in total. The molecule has 5 rings (SSSR count). The Balaban J connectivity index is 1.53. The Morgan fingerprint density at radius 1 is 1.03 bits per heavy atom. The van der Waals surface area contributed by atoms with E-state index in [4.69, 9.17) is 10.5 Å². The second kappa shape index (κ2) is 7.24. The van der Waals surface area contributed by atoms with Gasteiger partial charge in [-0.3, -0.25) is 9.59 Å². The van der Waals surface area contributed by atoms with Gasteiger partial charge < -0.3 is 15.4 Å². The normalized spacial score (nSPS) is 13.0. The van der Waals surface area contributed by atoms with Crippen LogP contribution in [0.1, 0.15) is 20.7 Å². The number of benzene rings is 2. The summed E-state index contributed by atoms with van der Waals surface area (Å²) in [5, 5.41) is 4.35. The molecule has 0 bridgehead atoms. The minimum atomic E-state index is -0.495. The van der Waals surface area contributed by atoms with E-state index in [1.54, 1.807) is 64.3 Å². The smallest absolute Gasteiger partial charge is 0.258 e. The minimum Gasteiger partial charge on any atom is -0.489 e. The van der Waals surface area contributed by atoms with Crippen LogP contribution >= 0.6 is 0 Å². The van der Waals surface area contributed by atoms with Crippen LogP contribution in [0.25, 0.3) is 16.6 Å². The number of amides is 2. The maximum Gasteiger partial charge on any atom is 0.258 e. The van der Waals surface area contributed by atoms with Crippen molar-refractivity contribution in [2.45, 2.75) is 0 Å². The monoisotopic (exact) mass is 416 g/mol. The zero-order chi connectivity index (χ0) is 21.5. The fraction of sp³-hybridized carbons (Fsp3) is 0.0870. The number of nitrogens with two attached hydrogens (primary N) is 1. The van der Waals surface area contributed by atoms with Crippen LogP contribution < -0.4 is 15.4 Å². The standard InChI is InChI=1S/C23H17FN4O3/c24-17-5-6-19-21(12-17)31-10-9-27(19)23(30)16-7-8-28-20(11-16)18(13-26-28)14-1-3-15(4-2-14)22(25)29/h1-8,11-13H,9-10H2,(H2,25,29). The Labute approximate surface area is 176 Å². The third kappa shape index (κ3) is 3.28. The first kappa shape index (κ1) is 18.8. The lowest BCUT2D eigenvalue weighted by Gasteiger charge is -2.29. The summed E-state index contributed by atoms with van der Waals surface area (Å²) in [6, 6.07) is 14.5. The zero-order valence-corrected chi connectivity index (χ0v) is 16.3. The van der Waals surface area contributed by atoms with Gasteiger partial charge in [-0.25, -0.2) is 8.91 Å². The molecule has 3 heterocycles. The molecule has 2 N–H and O–H groups in total. The number of hydrogen-bond donors (Lipinski definition) is 1. The number of carbonyl (C=O) groups excluding carboxylic acids is 2. The highest BCUT2D eigenvalue weighted by molar-refractivity contribution is 6.08. The molecule has 0 saturated carbocycles.